The Balaban J connectivity index is 1.68. The van der Waals surface area contributed by atoms with Gasteiger partial charge in [0.15, 0.2) is 0 Å². The van der Waals surface area contributed by atoms with Crippen LogP contribution in [0.2, 0.25) is 0 Å². The van der Waals surface area contributed by atoms with Gasteiger partial charge in [0.1, 0.15) is 28.5 Å². The van der Waals surface area contributed by atoms with Gasteiger partial charge < -0.3 is 23.8 Å². The van der Waals surface area contributed by atoms with Crippen LogP contribution in [0.1, 0.15) is 34.6 Å². The van der Waals surface area contributed by atoms with Gasteiger partial charge in [0, 0.05) is 37.7 Å². The van der Waals surface area contributed by atoms with E-state index in [-0.39, 0.29) is 12.0 Å². The summed E-state index contributed by atoms with van der Waals surface area (Å²) in [6.07, 6.45) is 1.87. The fourth-order valence-corrected chi connectivity index (χ4v) is 5.22. The minimum Gasteiger partial charge on any atom is -0.496 e. The molecule has 0 spiro atoms. The Morgan fingerprint density at radius 1 is 1.05 bits per heavy atom. The number of carbonyl (C=O) groups is 1. The van der Waals surface area contributed by atoms with Crippen molar-refractivity contribution in [2.45, 2.75) is 32.4 Å². The molecule has 9 nitrogen and oxygen atoms in total. The van der Waals surface area contributed by atoms with E-state index in [9.17, 15) is 4.79 Å². The first-order valence-corrected chi connectivity index (χ1v) is 13.0. The van der Waals surface area contributed by atoms with Crippen LogP contribution in [0.4, 0.5) is 0 Å². The quantitative estimate of drug-likeness (QED) is 0.307. The van der Waals surface area contributed by atoms with E-state index < -0.39 is 0 Å². The maximum Gasteiger partial charge on any atom is 0.272 e. The van der Waals surface area contributed by atoms with E-state index in [2.05, 4.69) is 5.10 Å². The first-order chi connectivity index (χ1) is 18.9. The molecule has 1 aliphatic rings. The van der Waals surface area contributed by atoms with Crippen molar-refractivity contribution in [2.75, 3.05) is 34.5 Å². The third-order valence-corrected chi connectivity index (χ3v) is 7.11. The number of ether oxygens (including phenoxy) is 4. The maximum atomic E-state index is 13.9. The molecule has 1 saturated heterocycles. The highest BCUT2D eigenvalue weighted by molar-refractivity contribution is 5.95. The van der Waals surface area contributed by atoms with Crippen molar-refractivity contribution in [3.8, 4) is 28.5 Å². The number of carbonyl (C=O) groups excluding carboxylic acids is 1. The number of amides is 1. The number of rotatable bonds is 9. The summed E-state index contributed by atoms with van der Waals surface area (Å²) in [5.41, 5.74) is 4.36. The summed E-state index contributed by atoms with van der Waals surface area (Å²) >= 11 is 0. The first kappa shape index (κ1) is 26.5. The van der Waals surface area contributed by atoms with Crippen molar-refractivity contribution in [3.63, 3.8) is 0 Å². The molecule has 3 heterocycles. The van der Waals surface area contributed by atoms with Gasteiger partial charge in [-0.25, -0.2) is 4.98 Å². The number of hydrogen-bond donors (Lipinski definition) is 0. The van der Waals surface area contributed by atoms with E-state index in [0.717, 1.165) is 35.0 Å². The Labute approximate surface area is 228 Å². The number of methoxy groups -OCH3 is 3. The van der Waals surface area contributed by atoms with Crippen LogP contribution in [0.3, 0.4) is 0 Å². The summed E-state index contributed by atoms with van der Waals surface area (Å²) < 4.78 is 24.6. The topological polar surface area (TPSA) is 87.9 Å². The number of nitrogens with zero attached hydrogens (tertiary/aromatic N) is 4. The van der Waals surface area contributed by atoms with Gasteiger partial charge in [-0.1, -0.05) is 12.1 Å². The standard InChI is InChI=1S/C30H34N4O5/c1-19-15-24(33(2)32-19)30(35)34(18-21-9-8-14-39-21)17-20-16-23-26(37-4)12-13-27(38-5)29(23)31-28(20)22-10-6-7-11-25(22)36-3/h6-7,10-13,15-16,21H,8-9,14,17-18H2,1-5H3/t21-/m0/s1. The van der Waals surface area contributed by atoms with Crippen LogP contribution in [-0.4, -0.2) is 66.2 Å². The number of pyridine rings is 1. The van der Waals surface area contributed by atoms with Crippen LogP contribution in [0.25, 0.3) is 22.2 Å². The molecule has 1 amide bonds. The predicted octanol–water partition coefficient (Wildman–Crippen LogP) is 4.79. The fraction of sp³-hybridized carbons (Fsp3) is 0.367. The normalized spacial score (nSPS) is 14.9. The zero-order valence-corrected chi connectivity index (χ0v) is 23.1. The van der Waals surface area contributed by atoms with Gasteiger partial charge in [0.05, 0.1) is 38.8 Å². The molecule has 4 aromatic rings. The summed E-state index contributed by atoms with van der Waals surface area (Å²) in [6.45, 7) is 3.35. The molecule has 39 heavy (non-hydrogen) atoms. The second kappa shape index (κ2) is 11.3. The average molecular weight is 531 g/mol. The molecule has 9 heteroatoms. The van der Waals surface area contributed by atoms with Crippen LogP contribution in [0.15, 0.2) is 48.5 Å². The molecular weight excluding hydrogens is 496 g/mol. The lowest BCUT2D eigenvalue weighted by Gasteiger charge is -2.27. The van der Waals surface area contributed by atoms with Crippen LogP contribution in [0, 0.1) is 6.92 Å². The molecule has 1 fully saturated rings. The minimum atomic E-state index is -0.114. The number of fused-ring (bicyclic) bond motifs is 1. The molecule has 1 aliphatic heterocycles. The van der Waals surface area contributed by atoms with Gasteiger partial charge in [-0.05, 0) is 61.7 Å². The summed E-state index contributed by atoms with van der Waals surface area (Å²) in [5.74, 6) is 1.88. The van der Waals surface area contributed by atoms with Crippen molar-refractivity contribution in [3.05, 3.63) is 65.5 Å². The third kappa shape index (κ3) is 5.27. The highest BCUT2D eigenvalue weighted by Crippen LogP contribution is 2.38. The van der Waals surface area contributed by atoms with E-state index in [4.69, 9.17) is 23.9 Å². The SMILES string of the molecule is COc1ccccc1-c1nc2c(OC)ccc(OC)c2cc1CN(C[C@@H]1CCCO1)C(=O)c1cc(C)nn1C. The minimum absolute atomic E-state index is 0.0268. The highest BCUT2D eigenvalue weighted by Gasteiger charge is 2.28. The molecule has 1 atom stereocenters. The number of aromatic nitrogens is 3. The summed E-state index contributed by atoms with van der Waals surface area (Å²) in [4.78, 5) is 20.9. The van der Waals surface area contributed by atoms with Crippen LogP contribution in [0.5, 0.6) is 17.2 Å². The molecular formula is C30H34N4O5. The summed E-state index contributed by atoms with van der Waals surface area (Å²) in [7, 11) is 6.69. The van der Waals surface area contributed by atoms with Gasteiger partial charge in [-0.15, -0.1) is 0 Å². The van der Waals surface area contributed by atoms with Gasteiger partial charge in [0.2, 0.25) is 0 Å². The van der Waals surface area contributed by atoms with Crippen LogP contribution in [-0.2, 0) is 18.3 Å². The van der Waals surface area contributed by atoms with Crippen molar-refractivity contribution in [1.29, 1.82) is 0 Å². The molecule has 0 radical (unpaired) electrons. The molecule has 5 rings (SSSR count). The van der Waals surface area contributed by atoms with Gasteiger partial charge in [-0.2, -0.15) is 5.10 Å². The maximum absolute atomic E-state index is 13.9. The van der Waals surface area contributed by atoms with E-state index in [0.29, 0.717) is 53.8 Å². The molecule has 0 saturated carbocycles. The van der Waals surface area contributed by atoms with Gasteiger partial charge in [0.25, 0.3) is 5.91 Å². The smallest absolute Gasteiger partial charge is 0.272 e. The van der Waals surface area contributed by atoms with Gasteiger partial charge in [-0.3, -0.25) is 9.48 Å². The lowest BCUT2D eigenvalue weighted by atomic mass is 10.0. The average Bonchev–Trinajstić information content (AvgIpc) is 3.59. The van der Waals surface area contributed by atoms with E-state index >= 15 is 0 Å². The van der Waals surface area contributed by atoms with E-state index in [1.165, 1.54) is 0 Å². The van der Waals surface area contributed by atoms with E-state index in [1.54, 1.807) is 33.1 Å². The first-order valence-electron chi connectivity index (χ1n) is 13.0. The Morgan fingerprint density at radius 2 is 1.79 bits per heavy atom. The molecule has 0 bridgehead atoms. The fourth-order valence-electron chi connectivity index (χ4n) is 5.22. The van der Waals surface area contributed by atoms with Crippen molar-refractivity contribution >= 4 is 16.8 Å². The molecule has 2 aromatic carbocycles. The third-order valence-electron chi connectivity index (χ3n) is 7.11. The predicted molar refractivity (Wildman–Crippen MR) is 148 cm³/mol. The Kier molecular flexibility index (Phi) is 7.70. The lowest BCUT2D eigenvalue weighted by molar-refractivity contribution is 0.0499. The summed E-state index contributed by atoms with van der Waals surface area (Å²) in [5, 5.41) is 5.20. The second-order valence-corrected chi connectivity index (χ2v) is 9.68. The monoisotopic (exact) mass is 530 g/mol. The van der Waals surface area contributed by atoms with Crippen molar-refractivity contribution in [1.82, 2.24) is 19.7 Å². The van der Waals surface area contributed by atoms with Crippen LogP contribution < -0.4 is 14.2 Å². The largest absolute Gasteiger partial charge is 0.496 e. The zero-order valence-electron chi connectivity index (χ0n) is 23.1. The molecule has 2 aromatic heterocycles. The van der Waals surface area contributed by atoms with Gasteiger partial charge >= 0.3 is 0 Å². The van der Waals surface area contributed by atoms with Crippen molar-refractivity contribution < 1.29 is 23.7 Å². The number of aryl methyl sites for hydroxylation is 2. The zero-order chi connectivity index (χ0) is 27.5. The van der Waals surface area contributed by atoms with Crippen molar-refractivity contribution in [2.24, 2.45) is 7.05 Å². The molecule has 0 N–H and O–H groups in total. The van der Waals surface area contributed by atoms with Crippen LogP contribution >= 0.6 is 0 Å². The Bertz CT molecular complexity index is 1490. The number of para-hydroxylation sites is 1. The Hall–Kier alpha value is -4.11. The highest BCUT2D eigenvalue weighted by atomic mass is 16.5. The lowest BCUT2D eigenvalue weighted by Crippen LogP contribution is -2.38. The molecule has 0 aliphatic carbocycles. The molecule has 204 valence electrons. The summed E-state index contributed by atoms with van der Waals surface area (Å²) in [6, 6.07) is 15.3. The number of hydrogen-bond acceptors (Lipinski definition) is 7. The number of benzene rings is 2. The van der Waals surface area contributed by atoms with E-state index in [1.807, 2.05) is 60.4 Å². The second-order valence-electron chi connectivity index (χ2n) is 9.68. The Morgan fingerprint density at radius 3 is 2.46 bits per heavy atom. The molecule has 0 unspecified atom stereocenters.